The number of nitroso groups, excluding NO2 is 2. The predicted octanol–water partition coefficient (Wildman–Crippen LogP) is 2.71. The molecule has 0 saturated carbocycles. The minimum absolute atomic E-state index is 0.0716. The van der Waals surface area contributed by atoms with E-state index in [2.05, 4.69) is 15.3 Å². The van der Waals surface area contributed by atoms with E-state index in [0.29, 0.717) is 11.1 Å². The van der Waals surface area contributed by atoms with Crippen LogP contribution in [0.3, 0.4) is 0 Å². The standard InChI is InChI=1S/C11H9N5O2/c12-9-7(6-2-1-3-14-5-6)4-8(15-17)10(13)11(9)16-18/h1-5H,12-13H2. The fourth-order valence-electron chi connectivity index (χ4n) is 1.62. The van der Waals surface area contributed by atoms with E-state index in [0.717, 1.165) is 0 Å². The fourth-order valence-corrected chi connectivity index (χ4v) is 1.62. The lowest BCUT2D eigenvalue weighted by Crippen LogP contribution is -1.96. The molecule has 0 radical (unpaired) electrons. The van der Waals surface area contributed by atoms with Gasteiger partial charge < -0.3 is 11.5 Å². The molecule has 1 aromatic heterocycles. The Kier molecular flexibility index (Phi) is 2.96. The van der Waals surface area contributed by atoms with Crippen molar-refractivity contribution >= 4 is 22.7 Å². The van der Waals surface area contributed by atoms with Crippen molar-refractivity contribution in [2.45, 2.75) is 0 Å². The molecule has 0 saturated heterocycles. The van der Waals surface area contributed by atoms with Crippen LogP contribution in [0.2, 0.25) is 0 Å². The highest BCUT2D eigenvalue weighted by Gasteiger charge is 2.16. The number of aromatic nitrogens is 1. The first-order valence-electron chi connectivity index (χ1n) is 4.98. The maximum Gasteiger partial charge on any atom is 0.156 e. The van der Waals surface area contributed by atoms with E-state index >= 15 is 0 Å². The van der Waals surface area contributed by atoms with Gasteiger partial charge in [-0.15, -0.1) is 9.81 Å². The van der Waals surface area contributed by atoms with Crippen molar-refractivity contribution in [2.24, 2.45) is 10.4 Å². The van der Waals surface area contributed by atoms with E-state index in [4.69, 9.17) is 11.5 Å². The average molecular weight is 243 g/mol. The molecule has 0 aliphatic rings. The number of benzene rings is 1. The number of nitrogens with two attached hydrogens (primary N) is 2. The maximum absolute atomic E-state index is 10.7. The van der Waals surface area contributed by atoms with Gasteiger partial charge in [-0.2, -0.15) is 0 Å². The average Bonchev–Trinajstić information content (AvgIpc) is 2.41. The van der Waals surface area contributed by atoms with E-state index in [1.54, 1.807) is 24.5 Å². The van der Waals surface area contributed by atoms with Crippen molar-refractivity contribution in [1.82, 2.24) is 4.98 Å². The molecule has 1 heterocycles. The fraction of sp³-hybridized carbons (Fsp3) is 0. The second-order valence-corrected chi connectivity index (χ2v) is 3.54. The van der Waals surface area contributed by atoms with Crippen LogP contribution < -0.4 is 11.5 Å². The highest BCUT2D eigenvalue weighted by molar-refractivity contribution is 5.95. The molecule has 0 atom stereocenters. The smallest absolute Gasteiger partial charge is 0.156 e. The van der Waals surface area contributed by atoms with Gasteiger partial charge in [0.15, 0.2) is 5.69 Å². The van der Waals surface area contributed by atoms with Gasteiger partial charge in [-0.3, -0.25) is 4.98 Å². The molecule has 0 aliphatic carbocycles. The van der Waals surface area contributed by atoms with Gasteiger partial charge in [-0.05, 0) is 22.5 Å². The summed E-state index contributed by atoms with van der Waals surface area (Å²) in [6, 6.07) is 4.84. The molecule has 0 unspecified atom stereocenters. The van der Waals surface area contributed by atoms with E-state index in [1.165, 1.54) is 6.07 Å². The summed E-state index contributed by atoms with van der Waals surface area (Å²) in [5, 5.41) is 5.50. The van der Waals surface area contributed by atoms with Crippen LogP contribution in [0.15, 0.2) is 40.9 Å². The van der Waals surface area contributed by atoms with Crippen LogP contribution in [0.5, 0.6) is 0 Å². The summed E-state index contributed by atoms with van der Waals surface area (Å²) in [4.78, 5) is 25.3. The molecule has 2 rings (SSSR count). The van der Waals surface area contributed by atoms with Crippen molar-refractivity contribution < 1.29 is 0 Å². The first-order chi connectivity index (χ1) is 8.69. The highest BCUT2D eigenvalue weighted by Crippen LogP contribution is 2.43. The largest absolute Gasteiger partial charge is 0.396 e. The molecule has 0 spiro atoms. The second kappa shape index (κ2) is 4.58. The Morgan fingerprint density at radius 1 is 1.11 bits per heavy atom. The van der Waals surface area contributed by atoms with Crippen molar-refractivity contribution in [2.75, 3.05) is 11.5 Å². The van der Waals surface area contributed by atoms with Crippen LogP contribution in [0.1, 0.15) is 0 Å². The lowest BCUT2D eigenvalue weighted by molar-refractivity contribution is 1.33. The van der Waals surface area contributed by atoms with Crippen LogP contribution in [0, 0.1) is 9.81 Å². The Morgan fingerprint density at radius 2 is 1.89 bits per heavy atom. The number of hydrogen-bond donors (Lipinski definition) is 2. The Labute approximate surface area is 102 Å². The summed E-state index contributed by atoms with van der Waals surface area (Å²) in [6.07, 6.45) is 3.14. The molecule has 0 bridgehead atoms. The van der Waals surface area contributed by atoms with Gasteiger partial charge in [0.1, 0.15) is 5.69 Å². The van der Waals surface area contributed by atoms with E-state index in [-0.39, 0.29) is 22.7 Å². The molecule has 2 aromatic rings. The zero-order chi connectivity index (χ0) is 13.1. The predicted molar refractivity (Wildman–Crippen MR) is 69.4 cm³/mol. The van der Waals surface area contributed by atoms with Gasteiger partial charge in [0.25, 0.3) is 0 Å². The first kappa shape index (κ1) is 11.6. The number of hydrogen-bond acceptors (Lipinski definition) is 7. The summed E-state index contributed by atoms with van der Waals surface area (Å²) in [6.45, 7) is 0. The summed E-state index contributed by atoms with van der Waals surface area (Å²) >= 11 is 0. The third kappa shape index (κ3) is 1.77. The Hall–Kier alpha value is -2.83. The molecule has 4 N–H and O–H groups in total. The van der Waals surface area contributed by atoms with Crippen molar-refractivity contribution in [3.05, 3.63) is 40.4 Å². The Morgan fingerprint density at radius 3 is 2.44 bits per heavy atom. The van der Waals surface area contributed by atoms with E-state index < -0.39 is 0 Å². The SMILES string of the molecule is Nc1c(N=O)cc(-c2cccnc2)c(N)c1N=O. The molecule has 1 aromatic carbocycles. The Balaban J connectivity index is 2.76. The normalized spacial score (nSPS) is 10.0. The van der Waals surface area contributed by atoms with Gasteiger partial charge in [0, 0.05) is 23.5 Å². The van der Waals surface area contributed by atoms with Crippen LogP contribution in [-0.2, 0) is 0 Å². The second-order valence-electron chi connectivity index (χ2n) is 3.54. The number of nitrogen functional groups attached to an aromatic ring is 2. The molecule has 0 aliphatic heterocycles. The van der Waals surface area contributed by atoms with Crippen molar-refractivity contribution in [3.8, 4) is 11.1 Å². The van der Waals surface area contributed by atoms with Gasteiger partial charge in [-0.1, -0.05) is 6.07 Å². The summed E-state index contributed by atoms with van der Waals surface area (Å²) in [7, 11) is 0. The summed E-state index contributed by atoms with van der Waals surface area (Å²) < 4.78 is 0. The maximum atomic E-state index is 10.7. The van der Waals surface area contributed by atoms with Gasteiger partial charge in [0.2, 0.25) is 0 Å². The van der Waals surface area contributed by atoms with Crippen LogP contribution in [0.4, 0.5) is 22.7 Å². The van der Waals surface area contributed by atoms with Crippen LogP contribution >= 0.6 is 0 Å². The molecule has 18 heavy (non-hydrogen) atoms. The van der Waals surface area contributed by atoms with Crippen LogP contribution in [0.25, 0.3) is 11.1 Å². The molecule has 7 heteroatoms. The minimum Gasteiger partial charge on any atom is -0.396 e. The van der Waals surface area contributed by atoms with Crippen molar-refractivity contribution in [3.63, 3.8) is 0 Å². The number of nitrogens with zero attached hydrogens (tertiary/aromatic N) is 3. The minimum atomic E-state index is -0.175. The number of pyridine rings is 1. The zero-order valence-electron chi connectivity index (χ0n) is 9.20. The third-order valence-corrected chi connectivity index (χ3v) is 2.52. The third-order valence-electron chi connectivity index (χ3n) is 2.52. The van der Waals surface area contributed by atoms with Gasteiger partial charge in [0.05, 0.1) is 11.4 Å². The first-order valence-corrected chi connectivity index (χ1v) is 4.98. The zero-order valence-corrected chi connectivity index (χ0v) is 9.20. The molecular weight excluding hydrogens is 234 g/mol. The molecule has 7 nitrogen and oxygen atoms in total. The molecule has 0 amide bonds. The summed E-state index contributed by atoms with van der Waals surface area (Å²) in [5.74, 6) is 0. The van der Waals surface area contributed by atoms with Crippen LogP contribution in [-0.4, -0.2) is 4.98 Å². The highest BCUT2D eigenvalue weighted by atomic mass is 16.3. The van der Waals surface area contributed by atoms with E-state index in [1.807, 2.05) is 0 Å². The monoisotopic (exact) mass is 243 g/mol. The lowest BCUT2D eigenvalue weighted by atomic mass is 10.0. The summed E-state index contributed by atoms with van der Waals surface area (Å²) in [5.41, 5.74) is 12.2. The van der Waals surface area contributed by atoms with E-state index in [9.17, 15) is 9.81 Å². The quantitative estimate of drug-likeness (QED) is 0.633. The lowest BCUT2D eigenvalue weighted by Gasteiger charge is -2.10. The number of anilines is 2. The molecular formula is C11H9N5O2. The molecule has 90 valence electrons. The molecule has 0 fully saturated rings. The van der Waals surface area contributed by atoms with Gasteiger partial charge >= 0.3 is 0 Å². The number of rotatable bonds is 3. The van der Waals surface area contributed by atoms with Gasteiger partial charge in [-0.25, -0.2) is 0 Å². The Bertz CT molecular complexity index is 613. The topological polar surface area (TPSA) is 124 Å². The van der Waals surface area contributed by atoms with Crippen molar-refractivity contribution in [1.29, 1.82) is 0 Å².